The minimum atomic E-state index is -2.95. The molecule has 0 atom stereocenters. The van der Waals surface area contributed by atoms with E-state index in [2.05, 4.69) is 264 Å². The third kappa shape index (κ3) is 5.78. The van der Waals surface area contributed by atoms with Gasteiger partial charge in [0.1, 0.15) is 0 Å². The average molecular weight is 819 g/mol. The van der Waals surface area contributed by atoms with Crippen LogP contribution >= 0.6 is 0 Å². The van der Waals surface area contributed by atoms with Gasteiger partial charge >= 0.3 is 0 Å². The van der Waals surface area contributed by atoms with Gasteiger partial charge in [-0.3, -0.25) is 0 Å². The van der Waals surface area contributed by atoms with E-state index in [1.807, 2.05) is 0 Å². The zero-order valence-corrected chi connectivity index (χ0v) is 35.6. The van der Waals surface area contributed by atoms with Gasteiger partial charge in [-0.1, -0.05) is 218 Å². The van der Waals surface area contributed by atoms with E-state index in [1.54, 1.807) is 0 Å². The Balaban J connectivity index is 1.25. The molecular weight excluding hydrogens is 777 g/mol. The molecule has 0 fully saturated rings. The van der Waals surface area contributed by atoms with E-state index in [0.717, 1.165) is 11.4 Å². The summed E-state index contributed by atoms with van der Waals surface area (Å²) in [5.41, 5.74) is 11.9. The molecule has 10 aromatic carbocycles. The number of benzene rings is 10. The summed E-state index contributed by atoms with van der Waals surface area (Å²) in [6.07, 6.45) is 0. The van der Waals surface area contributed by atoms with Crippen LogP contribution in [0.2, 0.25) is 0 Å². The molecule has 0 radical (unpaired) electrons. The predicted molar refractivity (Wildman–Crippen MR) is 270 cm³/mol. The normalized spacial score (nSPS) is 11.8. The first kappa shape index (κ1) is 36.8. The van der Waals surface area contributed by atoms with Gasteiger partial charge in [-0.2, -0.15) is 0 Å². The minimum absolute atomic E-state index is 1.16. The van der Waals surface area contributed by atoms with Crippen LogP contribution in [0.1, 0.15) is 0 Å². The number of fused-ring (bicyclic) bond motifs is 6. The van der Waals surface area contributed by atoms with Crippen molar-refractivity contribution in [2.75, 3.05) is 0 Å². The van der Waals surface area contributed by atoms with E-state index in [1.165, 1.54) is 86.6 Å². The third-order valence-corrected chi connectivity index (χ3v) is 17.8. The van der Waals surface area contributed by atoms with Gasteiger partial charge in [0.05, 0.1) is 33.4 Å². The number of rotatable bonds is 8. The van der Waals surface area contributed by atoms with Gasteiger partial charge in [-0.15, -0.1) is 0 Å². The molecule has 2 nitrogen and oxygen atoms in total. The first-order valence-electron chi connectivity index (χ1n) is 21.8. The fourth-order valence-corrected chi connectivity index (χ4v) is 15.2. The lowest BCUT2D eigenvalue weighted by Crippen LogP contribution is -2.74. The van der Waals surface area contributed by atoms with Crippen molar-refractivity contribution in [3.63, 3.8) is 0 Å². The van der Waals surface area contributed by atoms with Crippen molar-refractivity contribution in [1.29, 1.82) is 0 Å². The summed E-state index contributed by atoms with van der Waals surface area (Å²) in [6.45, 7) is 0. The highest BCUT2D eigenvalue weighted by Gasteiger charge is 2.42. The first-order valence-corrected chi connectivity index (χ1v) is 23.8. The number of nitrogens with zero attached hydrogens (tertiary/aromatic N) is 2. The summed E-state index contributed by atoms with van der Waals surface area (Å²) in [5, 5.41) is 10.3. The molecule has 296 valence electrons. The van der Waals surface area contributed by atoms with E-state index >= 15 is 0 Å². The van der Waals surface area contributed by atoms with Crippen LogP contribution in [0.15, 0.2) is 255 Å². The van der Waals surface area contributed by atoms with Crippen molar-refractivity contribution in [3.8, 4) is 33.6 Å². The molecule has 0 amide bonds. The molecule has 0 spiro atoms. The number of aromatic nitrogens is 2. The van der Waals surface area contributed by atoms with E-state index in [9.17, 15) is 0 Å². The molecule has 12 rings (SSSR count). The molecule has 0 saturated carbocycles. The Hall–Kier alpha value is -7.98. The molecule has 0 unspecified atom stereocenters. The molecule has 12 aromatic rings. The maximum Gasteiger partial charge on any atom is 0.179 e. The highest BCUT2D eigenvalue weighted by Crippen LogP contribution is 2.43. The van der Waals surface area contributed by atoms with E-state index in [-0.39, 0.29) is 0 Å². The van der Waals surface area contributed by atoms with Crippen LogP contribution in [-0.4, -0.2) is 17.2 Å². The van der Waals surface area contributed by atoms with Crippen LogP contribution < -0.4 is 20.7 Å². The van der Waals surface area contributed by atoms with Gasteiger partial charge in [0.25, 0.3) is 0 Å². The average Bonchev–Trinajstić information content (AvgIpc) is 3.89. The molecule has 0 saturated heterocycles. The number of hydrogen-bond donors (Lipinski definition) is 0. The molecule has 0 aliphatic rings. The molecule has 0 bridgehead atoms. The van der Waals surface area contributed by atoms with Crippen LogP contribution in [0.5, 0.6) is 0 Å². The smallest absolute Gasteiger partial charge is 0.179 e. The van der Waals surface area contributed by atoms with Gasteiger partial charge in [0, 0.05) is 27.1 Å². The monoisotopic (exact) mass is 818 g/mol. The lowest BCUT2D eigenvalue weighted by Gasteiger charge is -2.35. The van der Waals surface area contributed by atoms with Crippen LogP contribution in [0, 0.1) is 0 Å². The van der Waals surface area contributed by atoms with Gasteiger partial charge in [-0.05, 0) is 73.8 Å². The maximum atomic E-state index is 2.57. The molecule has 0 aliphatic heterocycles. The second kappa shape index (κ2) is 15.2. The Kier molecular flexibility index (Phi) is 8.87. The van der Waals surface area contributed by atoms with Crippen molar-refractivity contribution < 1.29 is 0 Å². The van der Waals surface area contributed by atoms with Gasteiger partial charge in [-0.25, -0.2) is 0 Å². The topological polar surface area (TPSA) is 9.86 Å². The van der Waals surface area contributed by atoms with Crippen LogP contribution in [0.4, 0.5) is 0 Å². The number of hydrogen-bond acceptors (Lipinski definition) is 0. The van der Waals surface area contributed by atoms with Crippen LogP contribution in [0.3, 0.4) is 0 Å². The highest BCUT2D eigenvalue weighted by atomic mass is 28.3. The van der Waals surface area contributed by atoms with E-state index < -0.39 is 8.07 Å². The zero-order valence-electron chi connectivity index (χ0n) is 34.6. The maximum absolute atomic E-state index is 2.95. The van der Waals surface area contributed by atoms with Gasteiger partial charge < -0.3 is 9.13 Å². The summed E-state index contributed by atoms with van der Waals surface area (Å²) in [6, 6.07) is 94.4. The third-order valence-electron chi connectivity index (χ3n) is 13.1. The van der Waals surface area contributed by atoms with Crippen molar-refractivity contribution in [1.82, 2.24) is 9.13 Å². The van der Waals surface area contributed by atoms with Crippen molar-refractivity contribution in [2.45, 2.75) is 0 Å². The Morgan fingerprint density at radius 2 is 0.667 bits per heavy atom. The molecular formula is C60H42N2Si. The summed E-state index contributed by atoms with van der Waals surface area (Å²) < 4.78 is 5.05. The first-order chi connectivity index (χ1) is 31.3. The number of para-hydroxylation sites is 3. The lowest BCUT2D eigenvalue weighted by molar-refractivity contribution is 1.17. The largest absolute Gasteiger partial charge is 0.309 e. The quantitative estimate of drug-likeness (QED) is 0.107. The lowest BCUT2D eigenvalue weighted by atomic mass is 9.99. The fraction of sp³-hybridized carbons (Fsp3) is 0. The van der Waals surface area contributed by atoms with Crippen molar-refractivity contribution in [2.24, 2.45) is 0 Å². The SMILES string of the molecule is c1ccc(-c2ccccc2-n2c3ccccc3c3c(-n4c5ccccc5c5c(-c6ccccc6)cc([Si](c6ccccc6)(c6ccccc6)c6ccccc6)cc54)cccc32)cc1. The molecule has 63 heavy (non-hydrogen) atoms. The Morgan fingerprint density at radius 1 is 0.254 bits per heavy atom. The highest BCUT2D eigenvalue weighted by molar-refractivity contribution is 7.20. The molecule has 0 N–H and O–H groups in total. The van der Waals surface area contributed by atoms with Crippen molar-refractivity contribution >= 4 is 72.4 Å². The molecule has 2 heterocycles. The second-order valence-electron chi connectivity index (χ2n) is 16.4. The van der Waals surface area contributed by atoms with E-state index in [4.69, 9.17) is 0 Å². The standard InChI is InChI=1S/C60H42N2Si/c1-6-23-43(24-7-1)49-33-16-19-36-53(49)61-55-38-21-18-35-51(55)60-56(61)39-22-40-57(60)62-54-37-20-17-34-50(54)59-52(44-25-8-2-9-26-44)41-48(42-58(59)62)63(45-27-10-3-11-28-45,46-29-12-4-13-30-46)47-31-14-5-15-32-47/h1-42H. The summed E-state index contributed by atoms with van der Waals surface area (Å²) in [5.74, 6) is 0. The summed E-state index contributed by atoms with van der Waals surface area (Å²) in [7, 11) is -2.95. The Morgan fingerprint density at radius 3 is 1.24 bits per heavy atom. The predicted octanol–water partition coefficient (Wildman–Crippen LogP) is 12.6. The van der Waals surface area contributed by atoms with Crippen LogP contribution in [0.25, 0.3) is 77.2 Å². The fourth-order valence-electron chi connectivity index (χ4n) is 10.5. The van der Waals surface area contributed by atoms with Crippen molar-refractivity contribution in [3.05, 3.63) is 255 Å². The Bertz CT molecular complexity index is 3500. The van der Waals surface area contributed by atoms with Gasteiger partial charge in [0.15, 0.2) is 8.07 Å². The summed E-state index contributed by atoms with van der Waals surface area (Å²) >= 11 is 0. The Labute approximate surface area is 368 Å². The van der Waals surface area contributed by atoms with Gasteiger partial charge in [0.2, 0.25) is 0 Å². The summed E-state index contributed by atoms with van der Waals surface area (Å²) in [4.78, 5) is 0. The molecule has 0 aliphatic carbocycles. The van der Waals surface area contributed by atoms with E-state index in [0.29, 0.717) is 0 Å². The minimum Gasteiger partial charge on any atom is -0.309 e. The molecule has 2 aromatic heterocycles. The molecule has 3 heteroatoms. The zero-order chi connectivity index (χ0) is 41.7. The van der Waals surface area contributed by atoms with Crippen LogP contribution in [-0.2, 0) is 0 Å². The second-order valence-corrected chi connectivity index (χ2v) is 20.2.